The Morgan fingerprint density at radius 1 is 1.50 bits per heavy atom. The average molecular weight is 238 g/mol. The van der Waals surface area contributed by atoms with Crippen LogP contribution in [-0.4, -0.2) is 24.0 Å². The second kappa shape index (κ2) is 6.43. The molecule has 88 valence electrons. The van der Waals surface area contributed by atoms with E-state index >= 15 is 0 Å². The zero-order valence-electron chi connectivity index (χ0n) is 9.69. The molecule has 4 heteroatoms. The van der Waals surface area contributed by atoms with Crippen LogP contribution in [0.4, 0.5) is 5.69 Å². The Kier molecular flexibility index (Phi) is 5.19. The fourth-order valence-electron chi connectivity index (χ4n) is 1.37. The van der Waals surface area contributed by atoms with Crippen LogP contribution in [0.3, 0.4) is 0 Å². The molecule has 1 aromatic rings. The van der Waals surface area contributed by atoms with Crippen molar-refractivity contribution in [1.82, 2.24) is 5.32 Å². The van der Waals surface area contributed by atoms with Gasteiger partial charge in [-0.3, -0.25) is 4.79 Å². The van der Waals surface area contributed by atoms with Crippen LogP contribution in [0.2, 0.25) is 0 Å². The first-order chi connectivity index (χ1) is 7.65. The summed E-state index contributed by atoms with van der Waals surface area (Å²) >= 11 is 1.78. The largest absolute Gasteiger partial charge is 0.398 e. The molecule has 1 atom stereocenters. The highest BCUT2D eigenvalue weighted by Crippen LogP contribution is 2.10. The average Bonchev–Trinajstić information content (AvgIpc) is 2.26. The Hall–Kier alpha value is -1.16. The summed E-state index contributed by atoms with van der Waals surface area (Å²) in [5.41, 5.74) is 6.81. The van der Waals surface area contributed by atoms with E-state index in [-0.39, 0.29) is 11.9 Å². The van der Waals surface area contributed by atoms with Crippen molar-refractivity contribution in [3.05, 3.63) is 29.8 Å². The summed E-state index contributed by atoms with van der Waals surface area (Å²) in [6, 6.07) is 7.30. The maximum Gasteiger partial charge on any atom is 0.253 e. The first-order valence-corrected chi connectivity index (χ1v) is 6.69. The van der Waals surface area contributed by atoms with Crippen LogP contribution < -0.4 is 11.1 Å². The number of anilines is 1. The fourth-order valence-corrected chi connectivity index (χ4v) is 1.96. The van der Waals surface area contributed by atoms with Crippen LogP contribution in [0.1, 0.15) is 23.7 Å². The van der Waals surface area contributed by atoms with Crippen molar-refractivity contribution in [2.75, 3.05) is 17.7 Å². The van der Waals surface area contributed by atoms with E-state index in [4.69, 9.17) is 5.73 Å². The number of nitrogen functional groups attached to an aromatic ring is 1. The summed E-state index contributed by atoms with van der Waals surface area (Å²) in [5.74, 6) is 0.956. The summed E-state index contributed by atoms with van der Waals surface area (Å²) in [4.78, 5) is 11.8. The van der Waals surface area contributed by atoms with Gasteiger partial charge in [0.1, 0.15) is 0 Å². The third kappa shape index (κ3) is 3.77. The molecule has 1 rings (SSSR count). The number of carbonyl (C=O) groups excluding carboxylic acids is 1. The Balaban J connectivity index is 2.56. The number of hydrogen-bond acceptors (Lipinski definition) is 3. The molecule has 1 unspecified atom stereocenters. The van der Waals surface area contributed by atoms with Crippen LogP contribution in [0, 0.1) is 0 Å². The van der Waals surface area contributed by atoms with Gasteiger partial charge in [0.25, 0.3) is 5.91 Å². The molecule has 0 radical (unpaired) electrons. The zero-order chi connectivity index (χ0) is 12.0. The highest BCUT2D eigenvalue weighted by atomic mass is 32.2. The van der Waals surface area contributed by atoms with Crippen molar-refractivity contribution >= 4 is 23.4 Å². The maximum atomic E-state index is 11.8. The first kappa shape index (κ1) is 12.9. The molecule has 3 nitrogen and oxygen atoms in total. The van der Waals surface area contributed by atoms with Gasteiger partial charge in [-0.05, 0) is 37.5 Å². The Morgan fingerprint density at radius 3 is 2.81 bits per heavy atom. The maximum absolute atomic E-state index is 11.8. The summed E-state index contributed by atoms with van der Waals surface area (Å²) < 4.78 is 0. The molecule has 0 aromatic heterocycles. The molecule has 1 aromatic carbocycles. The van der Waals surface area contributed by atoms with Crippen molar-refractivity contribution in [3.8, 4) is 0 Å². The van der Waals surface area contributed by atoms with Gasteiger partial charge in [0.05, 0.1) is 5.56 Å². The van der Waals surface area contributed by atoms with E-state index in [1.54, 1.807) is 23.9 Å². The number of rotatable bonds is 5. The second-order valence-electron chi connectivity index (χ2n) is 3.74. The van der Waals surface area contributed by atoms with E-state index in [9.17, 15) is 4.79 Å². The van der Waals surface area contributed by atoms with Gasteiger partial charge in [0.15, 0.2) is 0 Å². The molecular formula is C12H18N2OS. The van der Waals surface area contributed by atoms with E-state index < -0.39 is 0 Å². The van der Waals surface area contributed by atoms with E-state index in [0.717, 1.165) is 12.2 Å². The van der Waals surface area contributed by atoms with Crippen LogP contribution in [0.25, 0.3) is 0 Å². The molecule has 0 saturated heterocycles. The van der Waals surface area contributed by atoms with Gasteiger partial charge in [-0.2, -0.15) is 11.8 Å². The lowest BCUT2D eigenvalue weighted by molar-refractivity contribution is 0.0940. The number of carbonyl (C=O) groups is 1. The smallest absolute Gasteiger partial charge is 0.253 e. The third-order valence-corrected chi connectivity index (χ3v) is 2.98. The molecule has 16 heavy (non-hydrogen) atoms. The number of hydrogen-bond donors (Lipinski definition) is 2. The molecule has 0 aliphatic rings. The summed E-state index contributed by atoms with van der Waals surface area (Å²) in [7, 11) is 0. The minimum Gasteiger partial charge on any atom is -0.398 e. The van der Waals surface area contributed by atoms with E-state index in [0.29, 0.717) is 11.3 Å². The molecule has 0 fully saturated rings. The van der Waals surface area contributed by atoms with Crippen LogP contribution in [0.15, 0.2) is 24.3 Å². The lowest BCUT2D eigenvalue weighted by Gasteiger charge is -2.14. The third-order valence-electron chi connectivity index (χ3n) is 2.34. The van der Waals surface area contributed by atoms with Gasteiger partial charge < -0.3 is 11.1 Å². The number of amides is 1. The van der Waals surface area contributed by atoms with Crippen molar-refractivity contribution in [3.63, 3.8) is 0 Å². The monoisotopic (exact) mass is 238 g/mol. The normalized spacial score (nSPS) is 12.1. The summed E-state index contributed by atoms with van der Waals surface area (Å²) in [6.45, 7) is 2.01. The topological polar surface area (TPSA) is 55.1 Å². The summed E-state index contributed by atoms with van der Waals surface area (Å²) in [5, 5.41) is 2.94. The van der Waals surface area contributed by atoms with Crippen LogP contribution >= 0.6 is 11.8 Å². The molecule has 0 spiro atoms. The minimum atomic E-state index is -0.0910. The fraction of sp³-hybridized carbons (Fsp3) is 0.417. The second-order valence-corrected chi connectivity index (χ2v) is 4.73. The van der Waals surface area contributed by atoms with Gasteiger partial charge in [0, 0.05) is 11.7 Å². The number of nitrogens with two attached hydrogens (primary N) is 1. The standard InChI is InChI=1S/C12H18N2OS/c1-9(7-8-16-2)14-12(15)10-5-3-4-6-11(10)13/h3-6,9H,7-8,13H2,1-2H3,(H,14,15). The number of benzene rings is 1. The van der Waals surface area contributed by atoms with Crippen LogP contribution in [0.5, 0.6) is 0 Å². The summed E-state index contributed by atoms with van der Waals surface area (Å²) in [6.07, 6.45) is 3.03. The van der Waals surface area contributed by atoms with Crippen molar-refractivity contribution in [2.45, 2.75) is 19.4 Å². The molecule has 3 N–H and O–H groups in total. The minimum absolute atomic E-state index is 0.0910. The molecule has 0 heterocycles. The lowest BCUT2D eigenvalue weighted by atomic mass is 10.1. The van der Waals surface area contributed by atoms with Crippen molar-refractivity contribution in [1.29, 1.82) is 0 Å². The van der Waals surface area contributed by atoms with Gasteiger partial charge in [-0.1, -0.05) is 12.1 Å². The molecule has 0 saturated carbocycles. The molecule has 0 aliphatic carbocycles. The van der Waals surface area contributed by atoms with E-state index in [1.807, 2.05) is 19.1 Å². The number of nitrogens with one attached hydrogen (secondary N) is 1. The molecule has 1 amide bonds. The Bertz CT molecular complexity index is 355. The highest BCUT2D eigenvalue weighted by molar-refractivity contribution is 7.98. The molecule has 0 bridgehead atoms. The Labute approximate surface area is 101 Å². The highest BCUT2D eigenvalue weighted by Gasteiger charge is 2.11. The number of para-hydroxylation sites is 1. The molecular weight excluding hydrogens is 220 g/mol. The SMILES string of the molecule is CSCCC(C)NC(=O)c1ccccc1N. The van der Waals surface area contributed by atoms with Crippen LogP contribution in [-0.2, 0) is 0 Å². The van der Waals surface area contributed by atoms with Crippen molar-refractivity contribution in [2.24, 2.45) is 0 Å². The Morgan fingerprint density at radius 2 is 2.19 bits per heavy atom. The van der Waals surface area contributed by atoms with Gasteiger partial charge in [0.2, 0.25) is 0 Å². The van der Waals surface area contributed by atoms with Gasteiger partial charge in [-0.25, -0.2) is 0 Å². The van der Waals surface area contributed by atoms with E-state index in [2.05, 4.69) is 11.6 Å². The van der Waals surface area contributed by atoms with Gasteiger partial charge >= 0.3 is 0 Å². The quantitative estimate of drug-likeness (QED) is 0.773. The predicted molar refractivity (Wildman–Crippen MR) is 70.8 cm³/mol. The van der Waals surface area contributed by atoms with Crippen molar-refractivity contribution < 1.29 is 4.79 Å². The lowest BCUT2D eigenvalue weighted by Crippen LogP contribution is -2.33. The van der Waals surface area contributed by atoms with Gasteiger partial charge in [-0.15, -0.1) is 0 Å². The zero-order valence-corrected chi connectivity index (χ0v) is 10.5. The predicted octanol–water partition coefficient (Wildman–Crippen LogP) is 2.14. The number of thioether (sulfide) groups is 1. The van der Waals surface area contributed by atoms with E-state index in [1.165, 1.54) is 0 Å². The first-order valence-electron chi connectivity index (χ1n) is 5.29. The molecule has 0 aliphatic heterocycles.